The minimum absolute atomic E-state index is 0.155. The van der Waals surface area contributed by atoms with Gasteiger partial charge in [0.25, 0.3) is 0 Å². The molecule has 1 atom stereocenters. The maximum absolute atomic E-state index is 6.67. The van der Waals surface area contributed by atoms with Crippen molar-refractivity contribution < 1.29 is 8.85 Å². The molecule has 0 aromatic carbocycles. The Labute approximate surface area is 210 Å². The third kappa shape index (κ3) is 14.3. The monoisotopic (exact) mass is 490 g/mol. The van der Waals surface area contributed by atoms with Gasteiger partial charge < -0.3 is 8.85 Å². The highest BCUT2D eigenvalue weighted by Crippen LogP contribution is 2.38. The van der Waals surface area contributed by atoms with E-state index in [2.05, 4.69) is 104 Å². The average Bonchev–Trinajstić information content (AvgIpc) is 2.66. The lowest BCUT2D eigenvalue weighted by atomic mass is 10.1. The number of rotatable bonds is 13. The zero-order valence-corrected chi connectivity index (χ0v) is 25.9. The molecule has 33 heavy (non-hydrogen) atoms. The summed E-state index contributed by atoms with van der Waals surface area (Å²) in [5, 5.41) is 0.477. The van der Waals surface area contributed by atoms with Crippen molar-refractivity contribution >= 4 is 16.6 Å². The molecule has 0 amide bonds. The maximum atomic E-state index is 6.67. The molecule has 190 valence electrons. The topological polar surface area (TPSA) is 18.5 Å². The van der Waals surface area contributed by atoms with Gasteiger partial charge in [0.1, 0.15) is 0 Å². The predicted octanol–water partition coefficient (Wildman–Crippen LogP) is 9.10. The van der Waals surface area contributed by atoms with Gasteiger partial charge in [0.05, 0.1) is 6.10 Å². The first-order valence-electron chi connectivity index (χ1n) is 13.1. The van der Waals surface area contributed by atoms with E-state index in [0.29, 0.717) is 0 Å². The van der Waals surface area contributed by atoms with E-state index in [1.165, 1.54) is 32.1 Å². The van der Waals surface area contributed by atoms with Crippen LogP contribution in [0.4, 0.5) is 0 Å². The SMILES string of the molecule is CCCCCCC[C@@H](/C=C/C#CC#CCCCO[Si](C)(C)C(C)(C)C)O[Si](C)(C)C(C)(C)C. The molecule has 0 radical (unpaired) electrons. The fourth-order valence-electron chi connectivity index (χ4n) is 2.74. The molecule has 0 heterocycles. The van der Waals surface area contributed by atoms with Gasteiger partial charge in [0.2, 0.25) is 0 Å². The molecule has 0 aromatic heterocycles. The molecule has 4 heteroatoms. The van der Waals surface area contributed by atoms with Crippen molar-refractivity contribution in [3.63, 3.8) is 0 Å². The van der Waals surface area contributed by atoms with Crippen LogP contribution in [-0.4, -0.2) is 29.3 Å². The van der Waals surface area contributed by atoms with Crippen LogP contribution in [0.3, 0.4) is 0 Å². The lowest BCUT2D eigenvalue weighted by molar-refractivity contribution is 0.211. The van der Waals surface area contributed by atoms with Crippen LogP contribution in [0, 0.1) is 23.7 Å². The smallest absolute Gasteiger partial charge is 0.192 e. The third-order valence-corrected chi connectivity index (χ3v) is 16.2. The normalized spacial score (nSPS) is 13.9. The van der Waals surface area contributed by atoms with Crippen LogP contribution >= 0.6 is 0 Å². The van der Waals surface area contributed by atoms with Gasteiger partial charge in [0, 0.05) is 13.0 Å². The third-order valence-electron chi connectivity index (χ3n) is 7.18. The van der Waals surface area contributed by atoms with Crippen LogP contribution in [0.25, 0.3) is 0 Å². The predicted molar refractivity (Wildman–Crippen MR) is 153 cm³/mol. The van der Waals surface area contributed by atoms with Gasteiger partial charge in [-0.15, -0.1) is 0 Å². The standard InChI is InChI=1S/C29H54O2Si2/c1-12-13-14-18-21-24-27(31-33(10,11)29(5,6)7)25-22-19-16-15-17-20-23-26-30-32(8,9)28(2,3)4/h22,25,27H,12-14,18,20-21,23-24,26H2,1-11H3/b25-22+/t27-/m0/s1. The summed E-state index contributed by atoms with van der Waals surface area (Å²) in [5.41, 5.74) is 0. The maximum Gasteiger partial charge on any atom is 0.192 e. The largest absolute Gasteiger partial charge is 0.417 e. The Hall–Kier alpha value is -0.786. The van der Waals surface area contributed by atoms with Crippen molar-refractivity contribution in [1.82, 2.24) is 0 Å². The van der Waals surface area contributed by atoms with Crippen LogP contribution in [0.5, 0.6) is 0 Å². The van der Waals surface area contributed by atoms with E-state index in [4.69, 9.17) is 8.85 Å². The second-order valence-electron chi connectivity index (χ2n) is 12.3. The molecule has 0 aliphatic rings. The summed E-state index contributed by atoms with van der Waals surface area (Å²) >= 11 is 0. The van der Waals surface area contributed by atoms with Crippen molar-refractivity contribution in [3.05, 3.63) is 12.2 Å². The second-order valence-corrected chi connectivity index (χ2v) is 21.8. The van der Waals surface area contributed by atoms with Gasteiger partial charge in [-0.05, 0) is 73.1 Å². The molecule has 2 nitrogen and oxygen atoms in total. The average molecular weight is 491 g/mol. The molecule has 0 N–H and O–H groups in total. The summed E-state index contributed by atoms with van der Waals surface area (Å²) in [4.78, 5) is 0. The van der Waals surface area contributed by atoms with Crippen LogP contribution in [0.1, 0.15) is 99.8 Å². The van der Waals surface area contributed by atoms with Crippen molar-refractivity contribution in [2.45, 2.75) is 142 Å². The van der Waals surface area contributed by atoms with Crippen LogP contribution in [-0.2, 0) is 8.85 Å². The van der Waals surface area contributed by atoms with Gasteiger partial charge in [-0.1, -0.05) is 92.4 Å². The van der Waals surface area contributed by atoms with Crippen molar-refractivity contribution in [2.24, 2.45) is 0 Å². The first-order valence-corrected chi connectivity index (χ1v) is 18.9. The Bertz CT molecular complexity index is 686. The molecule has 0 aromatic rings. The molecule has 0 saturated carbocycles. The van der Waals surface area contributed by atoms with E-state index in [-0.39, 0.29) is 16.2 Å². The Balaban J connectivity index is 4.68. The first-order chi connectivity index (χ1) is 15.1. The summed E-state index contributed by atoms with van der Waals surface area (Å²) in [7, 11) is -3.44. The molecule has 0 aliphatic carbocycles. The summed E-state index contributed by atoms with van der Waals surface area (Å²) in [5.74, 6) is 12.2. The summed E-state index contributed by atoms with van der Waals surface area (Å²) in [6.45, 7) is 26.0. The van der Waals surface area contributed by atoms with Crippen LogP contribution in [0.2, 0.25) is 36.3 Å². The minimum Gasteiger partial charge on any atom is -0.417 e. The van der Waals surface area contributed by atoms with E-state index in [1.807, 2.05) is 6.08 Å². The van der Waals surface area contributed by atoms with Gasteiger partial charge in [0.15, 0.2) is 16.6 Å². The molecule has 0 saturated heterocycles. The zero-order chi connectivity index (χ0) is 25.6. The number of hydrogen-bond donors (Lipinski definition) is 0. The van der Waals surface area contributed by atoms with E-state index in [1.54, 1.807) is 0 Å². The fourth-order valence-corrected chi connectivity index (χ4v) is 5.14. The first kappa shape index (κ1) is 32.2. The lowest BCUT2D eigenvalue weighted by Gasteiger charge is -2.38. The Morgan fingerprint density at radius 2 is 1.39 bits per heavy atom. The molecule has 0 bridgehead atoms. The van der Waals surface area contributed by atoms with E-state index >= 15 is 0 Å². The molecule has 0 spiro atoms. The van der Waals surface area contributed by atoms with Gasteiger partial charge in [-0.3, -0.25) is 0 Å². The van der Waals surface area contributed by atoms with Crippen LogP contribution in [0.15, 0.2) is 12.2 Å². The van der Waals surface area contributed by atoms with Crippen molar-refractivity contribution in [1.29, 1.82) is 0 Å². The molecule has 0 aliphatic heterocycles. The highest BCUT2D eigenvalue weighted by molar-refractivity contribution is 6.74. The van der Waals surface area contributed by atoms with Crippen molar-refractivity contribution in [2.75, 3.05) is 6.61 Å². The zero-order valence-electron chi connectivity index (χ0n) is 23.9. The van der Waals surface area contributed by atoms with Gasteiger partial charge in [-0.2, -0.15) is 0 Å². The number of allylic oxidation sites excluding steroid dienone is 1. The summed E-state index contributed by atoms with van der Waals surface area (Å²) in [6, 6.07) is 0. The molecule has 0 unspecified atom stereocenters. The Kier molecular flexibility index (Phi) is 14.9. The van der Waals surface area contributed by atoms with E-state index in [9.17, 15) is 0 Å². The molecular formula is C29H54O2Si2. The fraction of sp³-hybridized carbons (Fsp3) is 0.793. The van der Waals surface area contributed by atoms with Crippen molar-refractivity contribution in [3.8, 4) is 23.7 Å². The second kappa shape index (κ2) is 15.3. The number of unbranched alkanes of at least 4 members (excludes halogenated alkanes) is 5. The van der Waals surface area contributed by atoms with E-state index < -0.39 is 16.6 Å². The minimum atomic E-state index is -1.80. The quantitative estimate of drug-likeness (QED) is 0.145. The number of hydrogen-bond acceptors (Lipinski definition) is 2. The highest BCUT2D eigenvalue weighted by atomic mass is 28.4. The molecular weight excluding hydrogens is 436 g/mol. The van der Waals surface area contributed by atoms with E-state index in [0.717, 1.165) is 25.9 Å². The highest BCUT2D eigenvalue weighted by Gasteiger charge is 2.38. The van der Waals surface area contributed by atoms with Gasteiger partial charge >= 0.3 is 0 Å². The van der Waals surface area contributed by atoms with Crippen LogP contribution < -0.4 is 0 Å². The summed E-state index contributed by atoms with van der Waals surface area (Å²) in [6.07, 6.45) is 13.6. The Morgan fingerprint density at radius 3 is 1.97 bits per heavy atom. The molecule has 0 rings (SSSR count). The summed E-state index contributed by atoms with van der Waals surface area (Å²) < 4.78 is 12.9. The lowest BCUT2D eigenvalue weighted by Crippen LogP contribution is -2.43. The Morgan fingerprint density at radius 1 is 0.788 bits per heavy atom. The molecule has 0 fully saturated rings. The van der Waals surface area contributed by atoms with Gasteiger partial charge in [-0.25, -0.2) is 0 Å².